The van der Waals surface area contributed by atoms with Gasteiger partial charge in [0, 0.05) is 12.8 Å². The molecule has 3 nitrogen and oxygen atoms in total. The molecule has 1 heterocycles. The van der Waals surface area contributed by atoms with E-state index in [0.29, 0.717) is 25.4 Å². The van der Waals surface area contributed by atoms with Crippen LogP contribution in [0.3, 0.4) is 0 Å². The zero-order valence-electron chi connectivity index (χ0n) is 20.5. The van der Waals surface area contributed by atoms with Gasteiger partial charge in [-0.3, -0.25) is 4.79 Å². The molecular formula is C31H36O3. The number of benzene rings is 3. The van der Waals surface area contributed by atoms with Crippen molar-refractivity contribution in [2.75, 3.05) is 6.61 Å². The second-order valence-corrected chi connectivity index (χ2v) is 9.40. The van der Waals surface area contributed by atoms with Crippen molar-refractivity contribution in [1.29, 1.82) is 0 Å². The van der Waals surface area contributed by atoms with Crippen molar-refractivity contribution in [3.8, 4) is 11.5 Å². The van der Waals surface area contributed by atoms with Crippen molar-refractivity contribution in [3.63, 3.8) is 0 Å². The van der Waals surface area contributed by atoms with Crippen LogP contribution < -0.4 is 9.47 Å². The summed E-state index contributed by atoms with van der Waals surface area (Å²) in [6.45, 7) is 4.76. The highest BCUT2D eigenvalue weighted by molar-refractivity contribution is 5.83. The number of carbonyl (C=O) groups is 1. The Kier molecular flexibility index (Phi) is 8.41. The third-order valence-corrected chi connectivity index (χ3v) is 6.74. The van der Waals surface area contributed by atoms with Gasteiger partial charge in [-0.1, -0.05) is 73.5 Å². The summed E-state index contributed by atoms with van der Waals surface area (Å²) < 4.78 is 12.2. The molecule has 3 aromatic rings. The molecule has 0 N–H and O–H groups in total. The number of rotatable bonds is 9. The van der Waals surface area contributed by atoms with Gasteiger partial charge in [0.15, 0.2) is 11.9 Å². The number of ether oxygens (including phenoxy) is 2. The van der Waals surface area contributed by atoms with Gasteiger partial charge in [-0.05, 0) is 73.4 Å². The summed E-state index contributed by atoms with van der Waals surface area (Å²) in [4.78, 5) is 13.0. The fourth-order valence-electron chi connectivity index (χ4n) is 4.72. The van der Waals surface area contributed by atoms with Crippen LogP contribution in [0.4, 0.5) is 0 Å². The van der Waals surface area contributed by atoms with E-state index in [1.54, 1.807) is 0 Å². The van der Waals surface area contributed by atoms with Crippen LogP contribution in [-0.4, -0.2) is 18.5 Å². The first-order valence-corrected chi connectivity index (χ1v) is 12.7. The Bertz CT molecular complexity index is 1050. The van der Waals surface area contributed by atoms with Gasteiger partial charge in [0.05, 0.1) is 6.61 Å². The molecule has 1 aliphatic heterocycles. The fourth-order valence-corrected chi connectivity index (χ4v) is 4.72. The Labute approximate surface area is 204 Å². The zero-order chi connectivity index (χ0) is 23.8. The first-order chi connectivity index (χ1) is 16.6. The average molecular weight is 457 g/mol. The molecule has 1 aliphatic rings. The zero-order valence-corrected chi connectivity index (χ0v) is 20.5. The highest BCUT2D eigenvalue weighted by Gasteiger charge is 2.28. The lowest BCUT2D eigenvalue weighted by atomic mass is 9.85. The Morgan fingerprint density at radius 3 is 2.35 bits per heavy atom. The van der Waals surface area contributed by atoms with Gasteiger partial charge in [-0.2, -0.15) is 0 Å². The molecule has 0 spiro atoms. The van der Waals surface area contributed by atoms with E-state index in [1.807, 2.05) is 24.3 Å². The minimum Gasteiger partial charge on any atom is -0.493 e. The molecule has 2 unspecified atom stereocenters. The predicted octanol–water partition coefficient (Wildman–Crippen LogP) is 7.24. The number of aryl methyl sites for hydroxylation is 3. The largest absolute Gasteiger partial charge is 0.493 e. The molecule has 0 saturated heterocycles. The number of hydrogen-bond donors (Lipinski definition) is 0. The second-order valence-electron chi connectivity index (χ2n) is 9.40. The highest BCUT2D eigenvalue weighted by atomic mass is 16.5. The van der Waals surface area contributed by atoms with Crippen molar-refractivity contribution in [3.05, 3.63) is 95.1 Å². The van der Waals surface area contributed by atoms with Crippen LogP contribution in [0.2, 0.25) is 0 Å². The van der Waals surface area contributed by atoms with Gasteiger partial charge in [0.25, 0.3) is 0 Å². The lowest BCUT2D eigenvalue weighted by molar-refractivity contribution is -0.126. The van der Waals surface area contributed by atoms with Crippen molar-refractivity contribution in [2.45, 2.75) is 70.8 Å². The van der Waals surface area contributed by atoms with Gasteiger partial charge >= 0.3 is 0 Å². The lowest BCUT2D eigenvalue weighted by Gasteiger charge is -2.27. The lowest BCUT2D eigenvalue weighted by Crippen LogP contribution is -2.31. The topological polar surface area (TPSA) is 35.5 Å². The Balaban J connectivity index is 1.38. The molecule has 3 aromatic carbocycles. The molecule has 2 atom stereocenters. The number of hydrogen-bond acceptors (Lipinski definition) is 3. The minimum absolute atomic E-state index is 0.178. The average Bonchev–Trinajstić information content (AvgIpc) is 2.85. The summed E-state index contributed by atoms with van der Waals surface area (Å²) in [5.41, 5.74) is 5.17. The van der Waals surface area contributed by atoms with Crippen LogP contribution in [0.5, 0.6) is 11.5 Å². The van der Waals surface area contributed by atoms with Crippen LogP contribution >= 0.6 is 0 Å². The molecule has 0 bridgehead atoms. The molecule has 0 aliphatic carbocycles. The maximum atomic E-state index is 13.0. The molecule has 3 heteroatoms. The van der Waals surface area contributed by atoms with Gasteiger partial charge in [-0.15, -0.1) is 0 Å². The van der Waals surface area contributed by atoms with E-state index >= 15 is 0 Å². The number of para-hydroxylation sites is 1. The van der Waals surface area contributed by atoms with Crippen molar-refractivity contribution < 1.29 is 14.3 Å². The van der Waals surface area contributed by atoms with Gasteiger partial charge in [0.2, 0.25) is 0 Å². The molecule has 178 valence electrons. The highest BCUT2D eigenvalue weighted by Crippen LogP contribution is 2.36. The predicted molar refractivity (Wildman–Crippen MR) is 138 cm³/mol. The fraction of sp³-hybridized carbons (Fsp3) is 0.387. The van der Waals surface area contributed by atoms with Gasteiger partial charge < -0.3 is 9.47 Å². The second kappa shape index (κ2) is 11.9. The molecule has 0 saturated carbocycles. The van der Waals surface area contributed by atoms with E-state index in [4.69, 9.17) is 9.47 Å². The smallest absolute Gasteiger partial charge is 0.173 e. The summed E-state index contributed by atoms with van der Waals surface area (Å²) in [7, 11) is 0. The van der Waals surface area contributed by atoms with Crippen molar-refractivity contribution in [2.24, 2.45) is 0 Å². The summed E-state index contributed by atoms with van der Waals surface area (Å²) in [5.74, 6) is 2.19. The normalized spacial score (nSPS) is 17.9. The third kappa shape index (κ3) is 6.50. The van der Waals surface area contributed by atoms with Crippen LogP contribution in [0, 0.1) is 6.92 Å². The molecule has 0 aromatic heterocycles. The first-order valence-electron chi connectivity index (χ1n) is 12.7. The van der Waals surface area contributed by atoms with Crippen LogP contribution in [0.25, 0.3) is 0 Å². The SMILES string of the molecule is CCCc1ccc(OCCC2Oc3ccccc3C(CCc3ccc(C)cc3)CCC2=O)cc1. The van der Waals surface area contributed by atoms with E-state index in [-0.39, 0.29) is 5.78 Å². The maximum Gasteiger partial charge on any atom is 0.173 e. The van der Waals surface area contributed by atoms with E-state index in [1.165, 1.54) is 22.3 Å². The Hall–Kier alpha value is -3.07. The summed E-state index contributed by atoms with van der Waals surface area (Å²) in [6.07, 6.45) is 5.73. The summed E-state index contributed by atoms with van der Waals surface area (Å²) >= 11 is 0. The minimum atomic E-state index is -0.460. The number of Topliss-reactive ketones (excluding diaryl/α,β-unsaturated/α-hetero) is 1. The number of fused-ring (bicyclic) bond motifs is 1. The van der Waals surface area contributed by atoms with Gasteiger partial charge in [-0.25, -0.2) is 0 Å². The standard InChI is InChI=1S/C31H36O3/c1-3-6-24-14-18-27(19-15-24)33-22-21-31-29(32)20-17-26(28-7-4-5-8-30(28)34-31)16-13-25-11-9-23(2)10-12-25/h4-5,7-12,14-15,18-19,26,31H,3,6,13,16-17,20-22H2,1-2H3. The Morgan fingerprint density at radius 2 is 1.59 bits per heavy atom. The maximum absolute atomic E-state index is 13.0. The van der Waals surface area contributed by atoms with Crippen LogP contribution in [0.1, 0.15) is 67.2 Å². The van der Waals surface area contributed by atoms with E-state index < -0.39 is 6.10 Å². The van der Waals surface area contributed by atoms with Crippen molar-refractivity contribution >= 4 is 5.78 Å². The van der Waals surface area contributed by atoms with Crippen LogP contribution in [0.15, 0.2) is 72.8 Å². The molecule has 34 heavy (non-hydrogen) atoms. The van der Waals surface area contributed by atoms with Gasteiger partial charge in [0.1, 0.15) is 11.5 Å². The molecule has 0 radical (unpaired) electrons. The first kappa shape index (κ1) is 24.1. The molecule has 4 rings (SSSR count). The number of carbonyl (C=O) groups excluding carboxylic acids is 1. The van der Waals surface area contributed by atoms with E-state index in [2.05, 4.69) is 62.4 Å². The van der Waals surface area contributed by atoms with E-state index in [9.17, 15) is 4.79 Å². The quantitative estimate of drug-likeness (QED) is 0.340. The number of ketones is 1. The van der Waals surface area contributed by atoms with Crippen LogP contribution in [-0.2, 0) is 17.6 Å². The van der Waals surface area contributed by atoms with E-state index in [0.717, 1.165) is 43.6 Å². The monoisotopic (exact) mass is 456 g/mol. The Morgan fingerprint density at radius 1 is 0.882 bits per heavy atom. The summed E-state index contributed by atoms with van der Waals surface area (Å²) in [6, 6.07) is 25.2. The summed E-state index contributed by atoms with van der Waals surface area (Å²) in [5, 5.41) is 0. The molecular weight excluding hydrogens is 420 g/mol. The third-order valence-electron chi connectivity index (χ3n) is 6.74. The molecule has 0 fully saturated rings. The van der Waals surface area contributed by atoms with Crippen molar-refractivity contribution in [1.82, 2.24) is 0 Å². The molecule has 0 amide bonds.